The van der Waals surface area contributed by atoms with Gasteiger partial charge in [-0.1, -0.05) is 54.6 Å². The van der Waals surface area contributed by atoms with Crippen molar-refractivity contribution in [1.82, 2.24) is 9.88 Å². The molecule has 1 atom stereocenters. The molecule has 4 aromatic rings. The minimum absolute atomic E-state index is 0.0712. The average Bonchev–Trinajstić information content (AvgIpc) is 3.41. The number of para-hydroxylation sites is 1. The Morgan fingerprint density at radius 2 is 1.77 bits per heavy atom. The molecule has 0 fully saturated rings. The Balaban J connectivity index is 1.49. The van der Waals surface area contributed by atoms with Crippen LogP contribution in [0.1, 0.15) is 27.5 Å². The van der Waals surface area contributed by atoms with Gasteiger partial charge in [-0.3, -0.25) is 9.69 Å². The first-order valence-corrected chi connectivity index (χ1v) is 9.95. The highest BCUT2D eigenvalue weighted by atomic mass is 16.7. The summed E-state index contributed by atoms with van der Waals surface area (Å²) in [6, 6.07) is 23.3. The summed E-state index contributed by atoms with van der Waals surface area (Å²) in [5.74, 6) is 1.58. The third-order valence-electron chi connectivity index (χ3n) is 5.53. The van der Waals surface area contributed by atoms with E-state index in [2.05, 4.69) is 9.88 Å². The lowest BCUT2D eigenvalue weighted by Crippen LogP contribution is -2.30. The number of carbonyl (C=O) groups is 1. The first-order chi connectivity index (χ1) is 14.7. The molecule has 5 nitrogen and oxygen atoms in total. The molecule has 0 spiro atoms. The van der Waals surface area contributed by atoms with Gasteiger partial charge in [-0.15, -0.1) is 0 Å². The maximum Gasteiger partial charge on any atom is 0.231 e. The van der Waals surface area contributed by atoms with E-state index in [0.717, 1.165) is 33.5 Å². The van der Waals surface area contributed by atoms with Gasteiger partial charge in [0.15, 0.2) is 17.3 Å². The number of fused-ring (bicyclic) bond motifs is 2. The lowest BCUT2D eigenvalue weighted by atomic mass is 9.95. The second-order valence-electron chi connectivity index (χ2n) is 7.53. The molecule has 1 aliphatic heterocycles. The van der Waals surface area contributed by atoms with Gasteiger partial charge in [0.1, 0.15) is 0 Å². The minimum atomic E-state index is -0.407. The van der Waals surface area contributed by atoms with Gasteiger partial charge in [0, 0.05) is 29.2 Å². The average molecular weight is 398 g/mol. The number of likely N-dealkylation sites (N-methyl/N-ethyl adjacent to an activating group) is 1. The Kier molecular flexibility index (Phi) is 4.73. The van der Waals surface area contributed by atoms with Crippen molar-refractivity contribution >= 4 is 16.7 Å². The van der Waals surface area contributed by atoms with Crippen LogP contribution in [0.25, 0.3) is 10.9 Å². The Labute approximate surface area is 174 Å². The Morgan fingerprint density at radius 3 is 2.63 bits per heavy atom. The van der Waals surface area contributed by atoms with Gasteiger partial charge in [-0.05, 0) is 36.4 Å². The molecule has 0 bridgehead atoms. The summed E-state index contributed by atoms with van der Waals surface area (Å²) >= 11 is 0. The fourth-order valence-electron chi connectivity index (χ4n) is 4.08. The number of nitrogens with zero attached hydrogens (tertiary/aromatic N) is 1. The number of aromatic nitrogens is 1. The third-order valence-corrected chi connectivity index (χ3v) is 5.53. The lowest BCUT2D eigenvalue weighted by Gasteiger charge is -2.27. The maximum absolute atomic E-state index is 13.7. The van der Waals surface area contributed by atoms with Crippen LogP contribution in [0.2, 0.25) is 0 Å². The van der Waals surface area contributed by atoms with Crippen LogP contribution >= 0.6 is 0 Å². The predicted molar refractivity (Wildman–Crippen MR) is 116 cm³/mol. The zero-order valence-corrected chi connectivity index (χ0v) is 16.7. The smallest absolute Gasteiger partial charge is 0.231 e. The van der Waals surface area contributed by atoms with E-state index in [4.69, 9.17) is 9.47 Å². The topological polar surface area (TPSA) is 54.6 Å². The number of ether oxygens (including phenoxy) is 2. The van der Waals surface area contributed by atoms with E-state index >= 15 is 0 Å². The zero-order chi connectivity index (χ0) is 20.5. The van der Waals surface area contributed by atoms with E-state index in [0.29, 0.717) is 12.1 Å². The summed E-state index contributed by atoms with van der Waals surface area (Å²) in [7, 11) is 1.98. The molecule has 1 unspecified atom stereocenters. The number of hydrogen-bond acceptors (Lipinski definition) is 4. The summed E-state index contributed by atoms with van der Waals surface area (Å²) in [6.45, 7) is 0.852. The molecule has 1 N–H and O–H groups in total. The van der Waals surface area contributed by atoms with Crippen LogP contribution in [0.5, 0.6) is 11.5 Å². The van der Waals surface area contributed by atoms with Crippen molar-refractivity contribution in [2.75, 3.05) is 13.8 Å². The molecule has 0 saturated heterocycles. The fourth-order valence-corrected chi connectivity index (χ4v) is 4.08. The van der Waals surface area contributed by atoms with E-state index < -0.39 is 6.04 Å². The predicted octanol–water partition coefficient (Wildman–Crippen LogP) is 4.95. The number of aromatic amines is 1. The number of Topliss-reactive ketones (excluding diaryl/α,β-unsaturated/α-hetero) is 1. The molecule has 3 aromatic carbocycles. The molecule has 1 aromatic heterocycles. The molecular weight excluding hydrogens is 376 g/mol. The molecule has 0 radical (unpaired) electrons. The lowest BCUT2D eigenvalue weighted by molar-refractivity contribution is 0.0845. The Hall–Kier alpha value is -3.57. The summed E-state index contributed by atoms with van der Waals surface area (Å²) in [4.78, 5) is 19.0. The number of ketones is 1. The van der Waals surface area contributed by atoms with Gasteiger partial charge in [0.05, 0.1) is 6.04 Å². The molecular formula is C25H22N2O3. The van der Waals surface area contributed by atoms with Crippen LogP contribution < -0.4 is 9.47 Å². The Morgan fingerprint density at radius 1 is 1.00 bits per heavy atom. The zero-order valence-electron chi connectivity index (χ0n) is 16.7. The molecule has 5 rings (SSSR count). The van der Waals surface area contributed by atoms with Crippen LogP contribution in [-0.2, 0) is 6.54 Å². The second kappa shape index (κ2) is 7.69. The number of H-pyrrole nitrogens is 1. The molecule has 150 valence electrons. The van der Waals surface area contributed by atoms with Crippen LogP contribution in [-0.4, -0.2) is 29.5 Å². The monoisotopic (exact) mass is 398 g/mol. The van der Waals surface area contributed by atoms with Gasteiger partial charge in [0.2, 0.25) is 6.79 Å². The molecule has 0 saturated carbocycles. The Bertz CT molecular complexity index is 1200. The number of benzene rings is 3. The van der Waals surface area contributed by atoms with Gasteiger partial charge < -0.3 is 14.5 Å². The van der Waals surface area contributed by atoms with E-state index in [-0.39, 0.29) is 12.6 Å². The fraction of sp³-hybridized carbons (Fsp3) is 0.160. The van der Waals surface area contributed by atoms with Crippen molar-refractivity contribution < 1.29 is 14.3 Å². The maximum atomic E-state index is 13.7. The SMILES string of the molecule is CN(Cc1ccc2c(c1)OCO2)C(C(=O)c1c[nH]c2ccccc12)c1ccccc1. The first kappa shape index (κ1) is 18.5. The van der Waals surface area contributed by atoms with Crippen LogP contribution in [0.3, 0.4) is 0 Å². The highest BCUT2D eigenvalue weighted by molar-refractivity contribution is 6.10. The van der Waals surface area contributed by atoms with Crippen LogP contribution in [0.4, 0.5) is 0 Å². The van der Waals surface area contributed by atoms with Crippen molar-refractivity contribution in [3.63, 3.8) is 0 Å². The van der Waals surface area contributed by atoms with Crippen molar-refractivity contribution in [3.8, 4) is 11.5 Å². The van der Waals surface area contributed by atoms with Crippen molar-refractivity contribution in [2.24, 2.45) is 0 Å². The van der Waals surface area contributed by atoms with Gasteiger partial charge >= 0.3 is 0 Å². The number of rotatable bonds is 6. The highest BCUT2D eigenvalue weighted by Gasteiger charge is 2.28. The molecule has 1 aliphatic rings. The molecule has 0 amide bonds. The quantitative estimate of drug-likeness (QED) is 0.467. The van der Waals surface area contributed by atoms with Crippen molar-refractivity contribution in [2.45, 2.75) is 12.6 Å². The first-order valence-electron chi connectivity index (χ1n) is 9.95. The summed E-state index contributed by atoms with van der Waals surface area (Å²) < 4.78 is 10.9. The highest BCUT2D eigenvalue weighted by Crippen LogP contribution is 2.34. The molecule has 30 heavy (non-hydrogen) atoms. The van der Waals surface area contributed by atoms with E-state index in [9.17, 15) is 4.79 Å². The number of nitrogens with one attached hydrogen (secondary N) is 1. The van der Waals surface area contributed by atoms with E-state index in [1.54, 1.807) is 0 Å². The second-order valence-corrected chi connectivity index (χ2v) is 7.53. The number of hydrogen-bond donors (Lipinski definition) is 1. The largest absolute Gasteiger partial charge is 0.454 e. The third kappa shape index (κ3) is 3.33. The van der Waals surface area contributed by atoms with E-state index in [1.165, 1.54) is 0 Å². The van der Waals surface area contributed by atoms with Gasteiger partial charge in [-0.2, -0.15) is 0 Å². The molecule has 5 heteroatoms. The molecule has 2 heterocycles. The van der Waals surface area contributed by atoms with E-state index in [1.807, 2.05) is 86.0 Å². The molecule has 0 aliphatic carbocycles. The minimum Gasteiger partial charge on any atom is -0.454 e. The van der Waals surface area contributed by atoms with Gasteiger partial charge in [0.25, 0.3) is 0 Å². The normalized spacial score (nSPS) is 13.7. The summed E-state index contributed by atoms with van der Waals surface area (Å²) in [5, 5.41) is 0.944. The summed E-state index contributed by atoms with van der Waals surface area (Å²) in [5.41, 5.74) is 3.70. The van der Waals surface area contributed by atoms with Crippen LogP contribution in [0, 0.1) is 0 Å². The van der Waals surface area contributed by atoms with Gasteiger partial charge in [-0.25, -0.2) is 0 Å². The van der Waals surface area contributed by atoms with Crippen LogP contribution in [0.15, 0.2) is 79.0 Å². The number of carbonyl (C=O) groups excluding carboxylic acids is 1. The van der Waals surface area contributed by atoms with Crippen molar-refractivity contribution in [3.05, 3.63) is 95.7 Å². The summed E-state index contributed by atoms with van der Waals surface area (Å²) in [6.07, 6.45) is 1.82. The van der Waals surface area contributed by atoms with Crippen molar-refractivity contribution in [1.29, 1.82) is 0 Å². The standard InChI is InChI=1S/C25H22N2O3/c1-27(15-17-11-12-22-23(13-17)30-16-29-22)24(18-7-3-2-4-8-18)25(28)20-14-26-21-10-6-5-9-19(20)21/h2-14,24,26H,15-16H2,1H3.